The first-order chi connectivity index (χ1) is 31.2. The first-order valence-corrected chi connectivity index (χ1v) is 24.5. The number of ketones is 3. The molecule has 0 aromatic carbocycles. The standard InChI is InChI=1S/C53H81NO12/c1-11-17-40-30-41-23-21-38(8)53(62,66-41)50(59)51(60)54-25-16-15-20-42(54)52(61)65-45(35(5)28-39-22-24-43(55)46(29-39)63-9)31-44(56)34(4)27-37(7)48(58)49(64-10)47(57)36(6)26-32(2)18-13-12-14-19-33(40)3/h11-14,18-19,27,32,34-36,38-43,45-46,48-49,55,58,62H,1,15-17,20-26,28-31H2,2-10H3/b14-12+,18-13-,33-19+,37-27+/t32-,34-,35-,36-,38-,39+,40+,41+,42+,43-,45+,46-,48-,49+,53-/m1/s1. The highest BCUT2D eigenvalue weighted by Crippen LogP contribution is 2.39. The molecule has 3 heterocycles. The number of aliphatic hydroxyl groups is 3. The topological polar surface area (TPSA) is 186 Å². The Labute approximate surface area is 394 Å². The third kappa shape index (κ3) is 14.5. The lowest BCUT2D eigenvalue weighted by Crippen LogP contribution is -2.60. The molecule has 0 radical (unpaired) electrons. The van der Waals surface area contributed by atoms with E-state index in [-0.39, 0.29) is 60.7 Å². The second-order valence-electron chi connectivity index (χ2n) is 20.1. The molecule has 4 rings (SSSR count). The van der Waals surface area contributed by atoms with E-state index in [1.54, 1.807) is 34.0 Å². The van der Waals surface area contributed by atoms with E-state index in [0.717, 1.165) is 12.0 Å². The molecule has 4 aliphatic rings. The zero-order valence-electron chi connectivity index (χ0n) is 41.2. The van der Waals surface area contributed by atoms with Crippen LogP contribution in [-0.2, 0) is 42.9 Å². The molecule has 0 unspecified atom stereocenters. The van der Waals surface area contributed by atoms with E-state index in [1.165, 1.54) is 12.0 Å². The molecule has 0 aromatic rings. The lowest BCUT2D eigenvalue weighted by Gasteiger charge is -2.43. The fraction of sp³-hybridized carbons (Fsp3) is 0.717. The van der Waals surface area contributed by atoms with E-state index in [4.69, 9.17) is 18.9 Å². The number of cyclic esters (lactones) is 1. The van der Waals surface area contributed by atoms with Crippen molar-refractivity contribution in [1.29, 1.82) is 0 Å². The van der Waals surface area contributed by atoms with Crippen molar-refractivity contribution in [3.05, 3.63) is 60.3 Å². The van der Waals surface area contributed by atoms with Crippen molar-refractivity contribution in [2.24, 2.45) is 41.4 Å². The molecule has 13 nitrogen and oxygen atoms in total. The van der Waals surface area contributed by atoms with Gasteiger partial charge in [-0.25, -0.2) is 4.79 Å². The van der Waals surface area contributed by atoms with Crippen molar-refractivity contribution in [3.8, 4) is 0 Å². The number of esters is 1. The molecule has 13 heteroatoms. The Hall–Kier alpha value is -3.59. The lowest BCUT2D eigenvalue weighted by molar-refractivity contribution is -0.264. The largest absolute Gasteiger partial charge is 0.460 e. The van der Waals surface area contributed by atoms with Crippen LogP contribution in [0.5, 0.6) is 0 Å². The van der Waals surface area contributed by atoms with Crippen LogP contribution in [0.2, 0.25) is 0 Å². The van der Waals surface area contributed by atoms with Crippen LogP contribution in [0.4, 0.5) is 0 Å². The van der Waals surface area contributed by atoms with Crippen molar-refractivity contribution < 1.29 is 58.2 Å². The molecule has 1 amide bonds. The van der Waals surface area contributed by atoms with Crippen LogP contribution < -0.4 is 0 Å². The maximum absolute atomic E-state index is 14.4. The second kappa shape index (κ2) is 25.7. The molecule has 3 N–H and O–H groups in total. The number of carbonyl (C=O) groups is 5. The number of nitrogens with zero attached hydrogens (tertiary/aromatic N) is 1. The highest BCUT2D eigenvalue weighted by molar-refractivity contribution is 6.39. The number of allylic oxidation sites excluding steroid dienone is 8. The van der Waals surface area contributed by atoms with Crippen molar-refractivity contribution in [3.63, 3.8) is 0 Å². The van der Waals surface area contributed by atoms with Gasteiger partial charge < -0.3 is 39.2 Å². The molecule has 2 saturated heterocycles. The highest BCUT2D eigenvalue weighted by atomic mass is 16.6. The molecular formula is C53H81NO12. The first kappa shape index (κ1) is 55.0. The monoisotopic (exact) mass is 924 g/mol. The molecule has 0 aromatic heterocycles. The summed E-state index contributed by atoms with van der Waals surface area (Å²) in [6, 6.07) is -1.13. The first-order valence-electron chi connectivity index (χ1n) is 24.5. The van der Waals surface area contributed by atoms with E-state index in [1.807, 2.05) is 64.2 Å². The number of aliphatic hydroxyl groups excluding tert-OH is 2. The molecular weight excluding hydrogens is 843 g/mol. The normalized spacial score (nSPS) is 39.9. The molecule has 0 spiro atoms. The quantitative estimate of drug-likeness (QED) is 0.131. The third-order valence-corrected chi connectivity index (χ3v) is 14.9. The van der Waals surface area contributed by atoms with E-state index >= 15 is 0 Å². The van der Waals surface area contributed by atoms with Crippen molar-refractivity contribution in [1.82, 2.24) is 4.90 Å². The molecule has 1 aliphatic carbocycles. The number of amides is 1. The molecule has 2 bridgehead atoms. The number of ether oxygens (including phenoxy) is 4. The second-order valence-corrected chi connectivity index (χ2v) is 20.1. The molecule has 3 aliphatic heterocycles. The predicted octanol–water partition coefficient (Wildman–Crippen LogP) is 7.36. The number of hydrogen-bond acceptors (Lipinski definition) is 12. The summed E-state index contributed by atoms with van der Waals surface area (Å²) in [5, 5.41) is 33.9. The van der Waals surface area contributed by atoms with Crippen molar-refractivity contribution in [2.45, 2.75) is 180 Å². The van der Waals surface area contributed by atoms with Crippen LogP contribution in [0.1, 0.15) is 132 Å². The molecule has 66 heavy (non-hydrogen) atoms. The van der Waals surface area contributed by atoms with Crippen LogP contribution in [0.25, 0.3) is 0 Å². The number of carbonyl (C=O) groups excluding carboxylic acids is 5. The van der Waals surface area contributed by atoms with E-state index in [0.29, 0.717) is 69.8 Å². The Morgan fingerprint density at radius 1 is 0.909 bits per heavy atom. The van der Waals surface area contributed by atoms with Gasteiger partial charge >= 0.3 is 5.97 Å². The van der Waals surface area contributed by atoms with Gasteiger partial charge in [-0.05, 0) is 120 Å². The predicted molar refractivity (Wildman–Crippen MR) is 253 cm³/mol. The summed E-state index contributed by atoms with van der Waals surface area (Å²) in [6.07, 6.45) is 14.7. The summed E-state index contributed by atoms with van der Waals surface area (Å²) in [5.41, 5.74) is 1.44. The Kier molecular flexibility index (Phi) is 21.4. The summed E-state index contributed by atoms with van der Waals surface area (Å²) in [7, 11) is 2.95. The summed E-state index contributed by atoms with van der Waals surface area (Å²) < 4.78 is 23.7. The van der Waals surface area contributed by atoms with Gasteiger partial charge in [0, 0.05) is 44.9 Å². The third-order valence-electron chi connectivity index (χ3n) is 14.9. The van der Waals surface area contributed by atoms with Gasteiger partial charge in [0.2, 0.25) is 5.79 Å². The molecule has 3 fully saturated rings. The Bertz CT molecular complexity index is 1800. The smallest absolute Gasteiger partial charge is 0.329 e. The Morgan fingerprint density at radius 2 is 1.64 bits per heavy atom. The van der Waals surface area contributed by atoms with Crippen molar-refractivity contribution >= 4 is 29.2 Å². The minimum absolute atomic E-state index is 0.0217. The molecule has 1 saturated carbocycles. The molecule has 370 valence electrons. The van der Waals surface area contributed by atoms with Gasteiger partial charge in [0.1, 0.15) is 30.1 Å². The summed E-state index contributed by atoms with van der Waals surface area (Å²) in [5.74, 6) is -7.84. The van der Waals surface area contributed by atoms with Crippen LogP contribution >= 0.6 is 0 Å². The van der Waals surface area contributed by atoms with Gasteiger partial charge in [0.25, 0.3) is 11.7 Å². The number of rotatable bonds is 7. The van der Waals surface area contributed by atoms with Crippen LogP contribution in [0.15, 0.2) is 60.3 Å². The van der Waals surface area contributed by atoms with E-state index in [9.17, 15) is 39.3 Å². The maximum Gasteiger partial charge on any atom is 0.329 e. The number of piperidine rings is 1. The number of fused-ring (bicyclic) bond motifs is 3. The van der Waals surface area contributed by atoms with Gasteiger partial charge in [0.05, 0.1) is 18.3 Å². The summed E-state index contributed by atoms with van der Waals surface area (Å²) in [6.45, 7) is 16.9. The highest BCUT2D eigenvalue weighted by Gasteiger charge is 2.53. The fourth-order valence-corrected chi connectivity index (χ4v) is 10.4. The van der Waals surface area contributed by atoms with Crippen LogP contribution in [0, 0.1) is 41.4 Å². The summed E-state index contributed by atoms with van der Waals surface area (Å²) >= 11 is 0. The van der Waals surface area contributed by atoms with Gasteiger partial charge in [0.15, 0.2) is 5.78 Å². The van der Waals surface area contributed by atoms with Gasteiger partial charge in [-0.2, -0.15) is 0 Å². The average Bonchev–Trinajstić information content (AvgIpc) is 3.29. The maximum atomic E-state index is 14.4. The van der Waals surface area contributed by atoms with Gasteiger partial charge in [-0.1, -0.05) is 82.7 Å². The number of Topliss-reactive ketones (excluding diaryl/α,β-unsaturated/α-hetero) is 3. The zero-order valence-corrected chi connectivity index (χ0v) is 41.2. The number of methoxy groups -OCH3 is 2. The average molecular weight is 924 g/mol. The zero-order chi connectivity index (χ0) is 48.9. The fourth-order valence-electron chi connectivity index (χ4n) is 10.4. The Balaban J connectivity index is 1.71. The summed E-state index contributed by atoms with van der Waals surface area (Å²) in [4.78, 5) is 72.0. The minimum Gasteiger partial charge on any atom is -0.460 e. The van der Waals surface area contributed by atoms with E-state index < -0.39 is 77.8 Å². The molecule has 15 atom stereocenters. The number of hydrogen-bond donors (Lipinski definition) is 3. The van der Waals surface area contributed by atoms with Crippen LogP contribution in [0.3, 0.4) is 0 Å². The van der Waals surface area contributed by atoms with Gasteiger partial charge in [-0.15, -0.1) is 6.58 Å². The van der Waals surface area contributed by atoms with Crippen molar-refractivity contribution in [2.75, 3.05) is 20.8 Å². The SMILES string of the molecule is C=CC[C@H]1C[C@@H]2CC[C@@H](C)[C@@](O)(O2)C(=O)C(=O)N2CCCC[C@H]2C(=O)O[C@H]([C@H](C)C[C@@H]2CC[C@@H](O)[C@H](OC)C2)CC(=O)[C@H](C)/C=C(\C)[C@@H](O)[C@@H](OC)C(=O)[C@H](C)C[C@H](C)\C=C/C=C/C=C/1C. The van der Waals surface area contributed by atoms with Crippen LogP contribution in [-0.4, -0.2) is 119 Å². The Morgan fingerprint density at radius 3 is 2.32 bits per heavy atom. The van der Waals surface area contributed by atoms with Gasteiger partial charge in [-0.3, -0.25) is 19.2 Å². The minimum atomic E-state index is -2.40. The lowest BCUT2D eigenvalue weighted by atomic mass is 9.78. The van der Waals surface area contributed by atoms with E-state index in [2.05, 4.69) is 6.58 Å².